The average Bonchev–Trinajstić information content (AvgIpc) is 3.63. The topological polar surface area (TPSA) is 183 Å². The number of aromatic amines is 1. The van der Waals surface area contributed by atoms with Crippen molar-refractivity contribution >= 4 is 28.5 Å². The molecule has 1 aliphatic carbocycles. The molecular weight excluding hydrogens is 695 g/mol. The van der Waals surface area contributed by atoms with Gasteiger partial charge in [0.25, 0.3) is 0 Å². The highest BCUT2D eigenvalue weighted by molar-refractivity contribution is 6.22. The molecular formula is C44H59N5O6. The fourth-order valence-electron chi connectivity index (χ4n) is 7.47. The number of carbonyl (C=O) groups excluding carboxylic acids is 3. The molecule has 0 spiro atoms. The van der Waals surface area contributed by atoms with Crippen LogP contribution in [-0.2, 0) is 11.3 Å². The molecule has 4 aromatic rings. The molecule has 1 aromatic heterocycles. The molecule has 1 amide bonds. The fraction of sp³-hybridized carbons (Fsp3) is 0.500. The van der Waals surface area contributed by atoms with Crippen LogP contribution in [0.3, 0.4) is 0 Å². The summed E-state index contributed by atoms with van der Waals surface area (Å²) in [6, 6.07) is 18.5. The number of aliphatic hydroxyl groups excluding tert-OH is 1. The van der Waals surface area contributed by atoms with E-state index in [0.717, 1.165) is 25.7 Å². The zero-order valence-electron chi connectivity index (χ0n) is 32.8. The van der Waals surface area contributed by atoms with E-state index < -0.39 is 29.9 Å². The summed E-state index contributed by atoms with van der Waals surface area (Å²) in [7, 11) is 0. The van der Waals surface area contributed by atoms with E-state index in [-0.39, 0.29) is 66.4 Å². The number of amides is 1. The second-order valence-corrected chi connectivity index (χ2v) is 15.5. The summed E-state index contributed by atoms with van der Waals surface area (Å²) < 4.78 is 11.9. The van der Waals surface area contributed by atoms with Crippen molar-refractivity contribution in [3.05, 3.63) is 89.2 Å². The summed E-state index contributed by atoms with van der Waals surface area (Å²) in [5, 5.41) is 14.2. The standard InChI is InChI=1S/C44H59N5O6/c1-5-28(4)40(46)44(53)47-26-38-48-35-21-20-32(42(51)33(27(2)3)25-36(50)34(45)24-29-14-8-6-9-15-29)39(41(35)49-38)43(52)31-18-12-13-19-37(31)55-23-22-54-30-16-10-7-11-17-30/h7,10-13,16-21,27-29,33-34,36,40,50H,5-6,8-9,14-15,22-26,45-46H2,1-4H3,(H,47,53)(H,48,49)/t28-,33?,34-,36-,40-/m0/s1. The van der Waals surface area contributed by atoms with Gasteiger partial charge in [-0.15, -0.1) is 0 Å². The van der Waals surface area contributed by atoms with Gasteiger partial charge in [0.1, 0.15) is 36.1 Å². The number of carbonyl (C=O) groups is 3. The third-order valence-corrected chi connectivity index (χ3v) is 11.1. The molecule has 1 saturated carbocycles. The molecule has 55 heavy (non-hydrogen) atoms. The Kier molecular flexibility index (Phi) is 15.0. The molecule has 0 radical (unpaired) electrons. The second kappa shape index (κ2) is 19.8. The number of hydrogen-bond acceptors (Lipinski definition) is 9. The zero-order chi connectivity index (χ0) is 39.5. The second-order valence-electron chi connectivity index (χ2n) is 15.5. The van der Waals surface area contributed by atoms with Gasteiger partial charge in [0.15, 0.2) is 11.6 Å². The maximum absolute atomic E-state index is 14.8. The number of hydrogen-bond donors (Lipinski definition) is 5. The largest absolute Gasteiger partial charge is 0.490 e. The van der Waals surface area contributed by atoms with E-state index in [9.17, 15) is 19.5 Å². The van der Waals surface area contributed by atoms with Crippen LogP contribution < -0.4 is 26.3 Å². The van der Waals surface area contributed by atoms with Gasteiger partial charge in [0, 0.05) is 17.5 Å². The number of ketones is 2. The number of nitrogens with one attached hydrogen (secondary N) is 2. The van der Waals surface area contributed by atoms with Crippen molar-refractivity contribution in [2.75, 3.05) is 13.2 Å². The zero-order valence-corrected chi connectivity index (χ0v) is 32.8. The summed E-state index contributed by atoms with van der Waals surface area (Å²) in [6.07, 6.45) is 6.60. The number of nitrogens with two attached hydrogens (primary N) is 2. The monoisotopic (exact) mass is 753 g/mol. The number of benzene rings is 3. The number of ether oxygens (including phenoxy) is 2. The van der Waals surface area contributed by atoms with Gasteiger partial charge in [-0.25, -0.2) is 4.98 Å². The fourth-order valence-corrected chi connectivity index (χ4v) is 7.47. The number of nitrogens with zero attached hydrogens (tertiary/aromatic N) is 1. The predicted octanol–water partition coefficient (Wildman–Crippen LogP) is 6.74. The van der Waals surface area contributed by atoms with Gasteiger partial charge in [0.2, 0.25) is 5.91 Å². The number of fused-ring (bicyclic) bond motifs is 1. The third-order valence-electron chi connectivity index (χ3n) is 11.1. The van der Waals surface area contributed by atoms with E-state index in [4.69, 9.17) is 25.9 Å². The Labute approximate surface area is 325 Å². The van der Waals surface area contributed by atoms with Crippen molar-refractivity contribution in [3.63, 3.8) is 0 Å². The molecule has 0 bridgehead atoms. The van der Waals surface area contributed by atoms with Crippen LogP contribution in [0, 0.1) is 23.7 Å². The molecule has 1 unspecified atom stereocenters. The first-order valence-electron chi connectivity index (χ1n) is 20.0. The lowest BCUT2D eigenvalue weighted by molar-refractivity contribution is -0.123. The van der Waals surface area contributed by atoms with E-state index >= 15 is 0 Å². The van der Waals surface area contributed by atoms with Crippen molar-refractivity contribution in [1.82, 2.24) is 15.3 Å². The molecule has 3 aromatic carbocycles. The van der Waals surface area contributed by atoms with Crippen molar-refractivity contribution in [2.45, 2.75) is 104 Å². The highest BCUT2D eigenvalue weighted by Gasteiger charge is 2.34. The molecule has 1 fully saturated rings. The van der Waals surface area contributed by atoms with Crippen LogP contribution in [0.15, 0.2) is 66.7 Å². The molecule has 7 N–H and O–H groups in total. The van der Waals surface area contributed by atoms with Crippen LogP contribution >= 0.6 is 0 Å². The van der Waals surface area contributed by atoms with Crippen molar-refractivity contribution < 1.29 is 29.0 Å². The first-order valence-corrected chi connectivity index (χ1v) is 20.0. The first kappa shape index (κ1) is 41.6. The number of aliphatic hydroxyl groups is 1. The molecule has 296 valence electrons. The van der Waals surface area contributed by atoms with Gasteiger partial charge in [-0.3, -0.25) is 14.4 Å². The Hall–Kier alpha value is -4.58. The lowest BCUT2D eigenvalue weighted by atomic mass is 9.78. The number of imidazole rings is 1. The number of rotatable bonds is 20. The normalized spacial score (nSPS) is 16.3. The van der Waals surface area contributed by atoms with E-state index in [1.165, 1.54) is 19.3 Å². The van der Waals surface area contributed by atoms with E-state index in [1.54, 1.807) is 36.4 Å². The Morgan fingerprint density at radius 2 is 1.60 bits per heavy atom. The maximum atomic E-state index is 14.8. The molecule has 5 atom stereocenters. The van der Waals surface area contributed by atoms with Crippen LogP contribution in [0.1, 0.15) is 111 Å². The van der Waals surface area contributed by atoms with Gasteiger partial charge in [0.05, 0.1) is 35.3 Å². The van der Waals surface area contributed by atoms with Gasteiger partial charge < -0.3 is 36.3 Å². The molecule has 0 aliphatic heterocycles. The lowest BCUT2D eigenvalue weighted by Gasteiger charge is -2.30. The molecule has 11 heteroatoms. The Morgan fingerprint density at radius 3 is 2.31 bits per heavy atom. The third kappa shape index (κ3) is 10.8. The maximum Gasteiger partial charge on any atom is 0.237 e. The quantitative estimate of drug-likeness (QED) is 0.0482. The minimum absolute atomic E-state index is 0.00473. The SMILES string of the molecule is CC[C@H](C)[C@H](N)C(=O)NCc1nc2c(C(=O)c3ccccc3OCCOc3ccccc3)c(C(=O)C(C[C@H](O)[C@@H](N)CC3CCCCC3)C(C)C)ccc2[nH]1. The highest BCUT2D eigenvalue weighted by Crippen LogP contribution is 2.33. The number of para-hydroxylation sites is 2. The van der Waals surface area contributed by atoms with Gasteiger partial charge in [-0.2, -0.15) is 0 Å². The molecule has 0 saturated heterocycles. The smallest absolute Gasteiger partial charge is 0.237 e. The van der Waals surface area contributed by atoms with E-state index in [2.05, 4.69) is 10.3 Å². The molecule has 11 nitrogen and oxygen atoms in total. The number of H-pyrrole nitrogens is 1. The minimum atomic E-state index is -0.879. The van der Waals surface area contributed by atoms with Gasteiger partial charge >= 0.3 is 0 Å². The molecule has 5 rings (SSSR count). The predicted molar refractivity (Wildman–Crippen MR) is 215 cm³/mol. The average molecular weight is 754 g/mol. The van der Waals surface area contributed by atoms with Crippen molar-refractivity contribution in [3.8, 4) is 11.5 Å². The Bertz CT molecular complexity index is 1870. The molecule has 1 aliphatic rings. The summed E-state index contributed by atoms with van der Waals surface area (Å²) in [5.74, 6) is 0.158. The van der Waals surface area contributed by atoms with Crippen LogP contribution in [0.25, 0.3) is 11.0 Å². The summed E-state index contributed by atoms with van der Waals surface area (Å²) >= 11 is 0. The first-order chi connectivity index (χ1) is 26.5. The van der Waals surface area contributed by atoms with E-state index in [0.29, 0.717) is 34.3 Å². The Morgan fingerprint density at radius 1 is 0.909 bits per heavy atom. The Balaban J connectivity index is 1.46. The van der Waals surface area contributed by atoms with Crippen LogP contribution in [0.4, 0.5) is 0 Å². The number of aromatic nitrogens is 2. The summed E-state index contributed by atoms with van der Waals surface area (Å²) in [5.41, 5.74) is 14.1. The van der Waals surface area contributed by atoms with Crippen molar-refractivity contribution in [1.29, 1.82) is 0 Å². The van der Waals surface area contributed by atoms with E-state index in [1.807, 2.05) is 58.0 Å². The van der Waals surface area contributed by atoms with Crippen LogP contribution in [0.2, 0.25) is 0 Å². The molecule has 1 heterocycles. The minimum Gasteiger partial charge on any atom is -0.490 e. The van der Waals surface area contributed by atoms with Crippen LogP contribution in [0.5, 0.6) is 11.5 Å². The van der Waals surface area contributed by atoms with Gasteiger partial charge in [-0.1, -0.05) is 96.6 Å². The summed E-state index contributed by atoms with van der Waals surface area (Å²) in [6.45, 7) is 8.27. The highest BCUT2D eigenvalue weighted by atomic mass is 16.5. The lowest BCUT2D eigenvalue weighted by Crippen LogP contribution is -2.44. The van der Waals surface area contributed by atoms with Crippen LogP contribution in [-0.4, -0.2) is 63.9 Å². The number of Topliss-reactive ketones (excluding diaryl/α,β-unsaturated/α-hetero) is 1. The summed E-state index contributed by atoms with van der Waals surface area (Å²) in [4.78, 5) is 50.3. The van der Waals surface area contributed by atoms with Gasteiger partial charge in [-0.05, 0) is 67.0 Å². The van der Waals surface area contributed by atoms with Crippen molar-refractivity contribution in [2.24, 2.45) is 35.1 Å².